The minimum Gasteiger partial charge on any atom is -0.475 e. The van der Waals surface area contributed by atoms with Crippen LogP contribution in [0.4, 0.5) is 17.6 Å². The largest absolute Gasteiger partial charge is 0.490 e. The van der Waals surface area contributed by atoms with E-state index in [1.807, 2.05) is 0 Å². The van der Waals surface area contributed by atoms with Gasteiger partial charge in [-0.25, -0.2) is 24.1 Å². The molecule has 0 radical (unpaired) electrons. The molecular weight excluding hydrogens is 448 g/mol. The van der Waals surface area contributed by atoms with Gasteiger partial charge < -0.3 is 19.7 Å². The van der Waals surface area contributed by atoms with E-state index in [0.717, 1.165) is 18.8 Å². The number of hydrogen-bond donors (Lipinski definition) is 2. The molecule has 0 atom stereocenters. The molecule has 0 aromatic carbocycles. The van der Waals surface area contributed by atoms with Gasteiger partial charge in [-0.15, -0.1) is 0 Å². The molecule has 13 heteroatoms. The summed E-state index contributed by atoms with van der Waals surface area (Å²) >= 11 is 0. The van der Waals surface area contributed by atoms with Crippen LogP contribution in [0.1, 0.15) is 16.1 Å². The molecule has 0 bridgehead atoms. The number of nitrogens with zero attached hydrogens (tertiary/aromatic N) is 5. The van der Waals surface area contributed by atoms with Gasteiger partial charge in [0.05, 0.1) is 11.3 Å². The van der Waals surface area contributed by atoms with E-state index in [1.54, 1.807) is 35.7 Å². The molecule has 1 aliphatic heterocycles. The van der Waals surface area contributed by atoms with Crippen molar-refractivity contribution in [3.05, 3.63) is 47.9 Å². The first-order valence-corrected chi connectivity index (χ1v) is 9.69. The van der Waals surface area contributed by atoms with Crippen molar-refractivity contribution in [1.82, 2.24) is 29.6 Å². The maximum atomic E-state index is 14.2. The minimum absolute atomic E-state index is 0.115. The van der Waals surface area contributed by atoms with E-state index >= 15 is 0 Å². The second-order valence-corrected chi connectivity index (χ2v) is 7.50. The summed E-state index contributed by atoms with van der Waals surface area (Å²) in [7, 11) is 1.78. The molecule has 1 fully saturated rings. The first kappa shape index (κ1) is 24.0. The fourth-order valence-electron chi connectivity index (χ4n) is 3.06. The van der Waals surface area contributed by atoms with Crippen LogP contribution in [0.15, 0.2) is 30.9 Å². The number of nitrogens with one attached hydrogen (secondary N) is 1. The van der Waals surface area contributed by atoms with E-state index in [2.05, 4.69) is 20.3 Å². The lowest BCUT2D eigenvalue weighted by Gasteiger charge is -2.31. The van der Waals surface area contributed by atoms with E-state index in [0.29, 0.717) is 29.4 Å². The molecule has 9 nitrogen and oxygen atoms in total. The van der Waals surface area contributed by atoms with Crippen molar-refractivity contribution in [3.63, 3.8) is 0 Å². The van der Waals surface area contributed by atoms with Gasteiger partial charge in [-0.1, -0.05) is 0 Å². The van der Waals surface area contributed by atoms with Crippen molar-refractivity contribution in [1.29, 1.82) is 0 Å². The molecule has 1 amide bonds. The lowest BCUT2D eigenvalue weighted by Crippen LogP contribution is -2.48. The second kappa shape index (κ2) is 9.48. The van der Waals surface area contributed by atoms with E-state index < -0.39 is 18.0 Å². The van der Waals surface area contributed by atoms with Crippen molar-refractivity contribution in [2.24, 2.45) is 5.92 Å². The monoisotopic (exact) mass is 468 g/mol. The molecule has 1 saturated heterocycles. The van der Waals surface area contributed by atoms with Gasteiger partial charge in [0.2, 0.25) is 0 Å². The summed E-state index contributed by atoms with van der Waals surface area (Å²) in [6, 6.07) is 1.36. The van der Waals surface area contributed by atoms with Crippen LogP contribution in [0.25, 0.3) is 17.0 Å². The zero-order valence-corrected chi connectivity index (χ0v) is 17.6. The van der Waals surface area contributed by atoms with E-state index in [9.17, 15) is 22.4 Å². The number of amides is 1. The van der Waals surface area contributed by atoms with Crippen molar-refractivity contribution < 1.29 is 32.3 Å². The number of rotatable bonds is 4. The van der Waals surface area contributed by atoms with Gasteiger partial charge in [-0.2, -0.15) is 13.2 Å². The van der Waals surface area contributed by atoms with Crippen LogP contribution in [0, 0.1) is 18.7 Å². The Morgan fingerprint density at radius 1 is 1.24 bits per heavy atom. The Kier molecular flexibility index (Phi) is 6.91. The van der Waals surface area contributed by atoms with Crippen molar-refractivity contribution in [2.45, 2.75) is 13.1 Å². The van der Waals surface area contributed by atoms with Gasteiger partial charge in [0.25, 0.3) is 5.91 Å². The summed E-state index contributed by atoms with van der Waals surface area (Å²) in [5, 5.41) is 10.3. The number of fused-ring (bicyclic) bond motifs is 1. The van der Waals surface area contributed by atoms with Crippen LogP contribution in [0.5, 0.6) is 0 Å². The third-order valence-corrected chi connectivity index (χ3v) is 4.77. The number of aryl methyl sites for hydroxylation is 1. The number of hydrogen-bond acceptors (Lipinski definition) is 6. The summed E-state index contributed by atoms with van der Waals surface area (Å²) in [6.45, 7) is 4.39. The highest BCUT2D eigenvalue weighted by atomic mass is 19.4. The molecular formula is C20H20F4N6O3. The van der Waals surface area contributed by atoms with Gasteiger partial charge in [-0.05, 0) is 13.0 Å². The third kappa shape index (κ3) is 5.80. The van der Waals surface area contributed by atoms with Crippen LogP contribution in [-0.2, 0) is 4.79 Å². The SMILES string of the molecule is Cc1cn2cc(-c3ncc(C(=O)N(C)CC4CNC4)cn3)cc(F)c2n1.O=C(O)C(F)(F)F. The molecule has 0 unspecified atom stereocenters. The van der Waals surface area contributed by atoms with E-state index in [-0.39, 0.29) is 11.6 Å². The minimum atomic E-state index is -5.08. The smallest absolute Gasteiger partial charge is 0.475 e. The Hall–Kier alpha value is -3.61. The molecule has 4 heterocycles. The van der Waals surface area contributed by atoms with Gasteiger partial charge in [-0.3, -0.25) is 4.79 Å². The maximum absolute atomic E-state index is 14.2. The number of carbonyl (C=O) groups is 2. The Labute approximate surface area is 185 Å². The number of carboxylic acid groups (broad SMARTS) is 1. The van der Waals surface area contributed by atoms with Crippen LogP contribution in [-0.4, -0.2) is 74.1 Å². The average molecular weight is 468 g/mol. The standard InChI is InChI=1S/C18H19FN6O.C2HF3O2/c1-11-8-25-10-13(3-15(19)17(25)23-11)16-21-6-14(7-22-16)18(26)24(2)9-12-4-20-5-12;3-2(4,5)1(6)7/h3,6-8,10,12,20H,4-5,9H2,1-2H3;(H,6,7). The topological polar surface area (TPSA) is 113 Å². The zero-order chi connectivity index (χ0) is 24.3. The molecule has 33 heavy (non-hydrogen) atoms. The summed E-state index contributed by atoms with van der Waals surface area (Å²) in [5.41, 5.74) is 1.95. The number of imidazole rings is 1. The number of carboxylic acids is 1. The van der Waals surface area contributed by atoms with Gasteiger partial charge in [0, 0.05) is 63.0 Å². The van der Waals surface area contributed by atoms with Crippen molar-refractivity contribution >= 4 is 17.5 Å². The molecule has 1 aliphatic rings. The first-order chi connectivity index (χ1) is 15.5. The van der Waals surface area contributed by atoms with Crippen LogP contribution >= 0.6 is 0 Å². The predicted molar refractivity (Wildman–Crippen MR) is 108 cm³/mol. The fraction of sp³-hybridized carbons (Fsp3) is 0.350. The Morgan fingerprint density at radius 3 is 2.36 bits per heavy atom. The van der Waals surface area contributed by atoms with Crippen molar-refractivity contribution in [2.75, 3.05) is 26.7 Å². The highest BCUT2D eigenvalue weighted by molar-refractivity contribution is 5.93. The third-order valence-electron chi connectivity index (χ3n) is 4.77. The maximum Gasteiger partial charge on any atom is 0.490 e. The van der Waals surface area contributed by atoms with E-state index in [1.165, 1.54) is 18.5 Å². The molecule has 0 saturated carbocycles. The molecule has 0 aliphatic carbocycles. The summed E-state index contributed by atoms with van der Waals surface area (Å²) in [6.07, 6.45) is 1.36. The highest BCUT2D eigenvalue weighted by Gasteiger charge is 2.38. The summed E-state index contributed by atoms with van der Waals surface area (Å²) in [5.74, 6) is -2.45. The van der Waals surface area contributed by atoms with Gasteiger partial charge in [0.1, 0.15) is 0 Å². The molecule has 0 spiro atoms. The quantitative estimate of drug-likeness (QED) is 0.565. The van der Waals surface area contributed by atoms with E-state index in [4.69, 9.17) is 9.90 Å². The molecule has 2 N–H and O–H groups in total. The second-order valence-electron chi connectivity index (χ2n) is 7.50. The molecule has 3 aromatic heterocycles. The Balaban J connectivity index is 0.000000383. The lowest BCUT2D eigenvalue weighted by atomic mass is 10.0. The summed E-state index contributed by atoms with van der Waals surface area (Å²) < 4.78 is 47.6. The van der Waals surface area contributed by atoms with Crippen LogP contribution in [0.2, 0.25) is 0 Å². The molecule has 4 rings (SSSR count). The summed E-state index contributed by atoms with van der Waals surface area (Å²) in [4.78, 5) is 35.7. The fourth-order valence-corrected chi connectivity index (χ4v) is 3.06. The lowest BCUT2D eigenvalue weighted by molar-refractivity contribution is -0.192. The number of aromatic nitrogens is 4. The predicted octanol–water partition coefficient (Wildman–Crippen LogP) is 2.16. The molecule has 176 valence electrons. The number of halogens is 4. The highest BCUT2D eigenvalue weighted by Crippen LogP contribution is 2.20. The van der Waals surface area contributed by atoms with Gasteiger partial charge in [0.15, 0.2) is 17.3 Å². The normalized spacial score (nSPS) is 13.8. The van der Waals surface area contributed by atoms with Crippen molar-refractivity contribution in [3.8, 4) is 11.4 Å². The molecule has 3 aromatic rings. The van der Waals surface area contributed by atoms with Crippen LogP contribution in [0.3, 0.4) is 0 Å². The average Bonchev–Trinajstić information content (AvgIpc) is 3.10. The number of pyridine rings is 1. The Morgan fingerprint density at radius 2 is 1.85 bits per heavy atom. The number of alkyl halides is 3. The first-order valence-electron chi connectivity index (χ1n) is 9.69. The van der Waals surface area contributed by atoms with Gasteiger partial charge >= 0.3 is 12.1 Å². The van der Waals surface area contributed by atoms with Crippen LogP contribution < -0.4 is 5.32 Å². The number of aliphatic carboxylic acids is 1. The zero-order valence-electron chi connectivity index (χ0n) is 17.6. The number of carbonyl (C=O) groups excluding carboxylic acids is 1. The Bertz CT molecular complexity index is 1160.